The predicted octanol–water partition coefficient (Wildman–Crippen LogP) is 3.58. The number of esters is 1. The molecule has 1 aliphatic rings. The van der Waals surface area contributed by atoms with E-state index in [1.807, 2.05) is 42.5 Å². The highest BCUT2D eigenvalue weighted by Crippen LogP contribution is 2.32. The largest absolute Gasteiger partial charge is 0.497 e. The molecule has 4 rings (SSSR count). The maximum absolute atomic E-state index is 13.7. The van der Waals surface area contributed by atoms with Gasteiger partial charge in [0.2, 0.25) is 0 Å². The Hall–Kier alpha value is -3.17. The molecule has 0 saturated carbocycles. The van der Waals surface area contributed by atoms with Gasteiger partial charge in [-0.25, -0.2) is 9.79 Å². The van der Waals surface area contributed by atoms with E-state index >= 15 is 0 Å². The number of rotatable bonds is 6. The molecular formula is C25H23BrN2O5S. The fourth-order valence-electron chi connectivity index (χ4n) is 3.82. The van der Waals surface area contributed by atoms with Gasteiger partial charge in [0.1, 0.15) is 11.5 Å². The van der Waals surface area contributed by atoms with Crippen molar-refractivity contribution in [3.8, 4) is 11.5 Å². The van der Waals surface area contributed by atoms with Gasteiger partial charge < -0.3 is 14.2 Å². The highest BCUT2D eigenvalue weighted by molar-refractivity contribution is 9.10. The number of hydrogen-bond acceptors (Lipinski definition) is 7. The molecule has 0 saturated heterocycles. The lowest BCUT2D eigenvalue weighted by Gasteiger charge is -2.25. The molecule has 34 heavy (non-hydrogen) atoms. The summed E-state index contributed by atoms with van der Waals surface area (Å²) in [4.78, 5) is 31.8. The van der Waals surface area contributed by atoms with Crippen molar-refractivity contribution in [3.05, 3.63) is 89.0 Å². The summed E-state index contributed by atoms with van der Waals surface area (Å²) in [7, 11) is 3.17. The number of ether oxygens (including phenoxy) is 3. The lowest BCUT2D eigenvalue weighted by Crippen LogP contribution is -2.39. The summed E-state index contributed by atoms with van der Waals surface area (Å²) >= 11 is 4.80. The van der Waals surface area contributed by atoms with E-state index in [0.717, 1.165) is 15.6 Å². The third-order valence-corrected chi connectivity index (χ3v) is 7.12. The Balaban J connectivity index is 1.97. The number of allylic oxidation sites excluding steroid dienone is 1. The van der Waals surface area contributed by atoms with Crippen molar-refractivity contribution in [2.75, 3.05) is 20.8 Å². The van der Waals surface area contributed by atoms with Gasteiger partial charge in [0.05, 0.1) is 42.7 Å². The van der Waals surface area contributed by atoms with Crippen molar-refractivity contribution in [1.29, 1.82) is 0 Å². The molecule has 1 aromatic heterocycles. The zero-order chi connectivity index (χ0) is 24.4. The van der Waals surface area contributed by atoms with Gasteiger partial charge in [-0.05, 0) is 61.4 Å². The lowest BCUT2D eigenvalue weighted by atomic mass is 9.95. The van der Waals surface area contributed by atoms with E-state index < -0.39 is 12.0 Å². The molecule has 0 aliphatic carbocycles. The molecule has 9 heteroatoms. The third-order valence-electron chi connectivity index (χ3n) is 5.42. The van der Waals surface area contributed by atoms with Crippen LogP contribution in [0.15, 0.2) is 68.0 Å². The maximum Gasteiger partial charge on any atom is 0.338 e. The molecule has 0 fully saturated rings. The summed E-state index contributed by atoms with van der Waals surface area (Å²) in [5, 5.41) is 0. The van der Waals surface area contributed by atoms with Crippen molar-refractivity contribution in [3.63, 3.8) is 0 Å². The monoisotopic (exact) mass is 542 g/mol. The molecule has 3 aromatic rings. The maximum atomic E-state index is 13.7. The average molecular weight is 543 g/mol. The molecule has 2 aromatic carbocycles. The van der Waals surface area contributed by atoms with Crippen LogP contribution in [0, 0.1) is 0 Å². The van der Waals surface area contributed by atoms with E-state index in [9.17, 15) is 9.59 Å². The van der Waals surface area contributed by atoms with Crippen molar-refractivity contribution in [2.24, 2.45) is 4.99 Å². The Morgan fingerprint density at radius 2 is 1.91 bits per heavy atom. The van der Waals surface area contributed by atoms with E-state index in [0.29, 0.717) is 32.1 Å². The standard InChI is InChI=1S/C25H23BrN2O5S/c1-5-33-24(30)21-14(2)27-25-28(22(21)15-7-6-8-17(11-15)31-3)23(29)20(34-25)13-16-12-18(32-4)9-10-19(16)26/h6-13,22H,5H2,1-4H3/t22-/m1/s1. The summed E-state index contributed by atoms with van der Waals surface area (Å²) in [5.74, 6) is 0.802. The van der Waals surface area contributed by atoms with Gasteiger partial charge in [-0.2, -0.15) is 0 Å². The van der Waals surface area contributed by atoms with Crippen LogP contribution in [0.4, 0.5) is 0 Å². The number of nitrogens with zero attached hydrogens (tertiary/aromatic N) is 2. The second-order valence-electron chi connectivity index (χ2n) is 7.47. The Kier molecular flexibility index (Phi) is 7.04. The van der Waals surface area contributed by atoms with Crippen molar-refractivity contribution in [2.45, 2.75) is 19.9 Å². The Morgan fingerprint density at radius 3 is 2.62 bits per heavy atom. The fraction of sp³-hybridized carbons (Fsp3) is 0.240. The number of carbonyl (C=O) groups is 1. The lowest BCUT2D eigenvalue weighted by molar-refractivity contribution is -0.139. The molecule has 0 amide bonds. The number of halogens is 1. The number of benzene rings is 2. The number of fused-ring (bicyclic) bond motifs is 1. The van der Waals surface area contributed by atoms with Gasteiger partial charge in [0, 0.05) is 4.47 Å². The minimum absolute atomic E-state index is 0.217. The van der Waals surface area contributed by atoms with E-state index in [1.54, 1.807) is 38.7 Å². The van der Waals surface area contributed by atoms with Crippen LogP contribution < -0.4 is 24.4 Å². The van der Waals surface area contributed by atoms with Crippen LogP contribution in [0.25, 0.3) is 6.08 Å². The zero-order valence-electron chi connectivity index (χ0n) is 19.1. The molecule has 0 bridgehead atoms. The average Bonchev–Trinajstić information content (AvgIpc) is 3.14. The minimum atomic E-state index is -0.693. The summed E-state index contributed by atoms with van der Waals surface area (Å²) in [5.41, 5.74) is 2.12. The van der Waals surface area contributed by atoms with Crippen LogP contribution in [0.5, 0.6) is 11.5 Å². The number of thiazole rings is 1. The van der Waals surface area contributed by atoms with Crippen LogP contribution in [0.2, 0.25) is 0 Å². The number of methoxy groups -OCH3 is 2. The molecule has 0 radical (unpaired) electrons. The van der Waals surface area contributed by atoms with E-state index in [4.69, 9.17) is 14.2 Å². The van der Waals surface area contributed by atoms with Gasteiger partial charge in [-0.15, -0.1) is 0 Å². The molecule has 2 heterocycles. The highest BCUT2D eigenvalue weighted by atomic mass is 79.9. The molecular weight excluding hydrogens is 520 g/mol. The second-order valence-corrected chi connectivity index (χ2v) is 9.33. The van der Waals surface area contributed by atoms with Crippen LogP contribution >= 0.6 is 27.3 Å². The van der Waals surface area contributed by atoms with Crippen LogP contribution in [0.3, 0.4) is 0 Å². The number of aromatic nitrogens is 1. The summed E-state index contributed by atoms with van der Waals surface area (Å²) < 4.78 is 18.9. The first-order valence-corrected chi connectivity index (χ1v) is 12.2. The Morgan fingerprint density at radius 1 is 1.18 bits per heavy atom. The highest BCUT2D eigenvalue weighted by Gasteiger charge is 2.33. The van der Waals surface area contributed by atoms with Crippen LogP contribution in [-0.2, 0) is 9.53 Å². The smallest absolute Gasteiger partial charge is 0.338 e. The second kappa shape index (κ2) is 9.99. The first kappa shape index (κ1) is 24.0. The van der Waals surface area contributed by atoms with Crippen LogP contribution in [0.1, 0.15) is 31.0 Å². The van der Waals surface area contributed by atoms with Crippen molar-refractivity contribution >= 4 is 39.3 Å². The Bertz CT molecular complexity index is 1470. The van der Waals surface area contributed by atoms with E-state index in [-0.39, 0.29) is 12.2 Å². The van der Waals surface area contributed by atoms with E-state index in [1.165, 1.54) is 11.3 Å². The molecule has 0 unspecified atom stereocenters. The molecule has 0 spiro atoms. The van der Waals surface area contributed by atoms with Gasteiger partial charge in [-0.1, -0.05) is 39.4 Å². The van der Waals surface area contributed by atoms with E-state index in [2.05, 4.69) is 20.9 Å². The molecule has 1 aliphatic heterocycles. The third kappa shape index (κ3) is 4.45. The molecule has 1 atom stereocenters. The SMILES string of the molecule is CCOC(=O)C1=C(C)N=c2sc(=Cc3cc(OC)ccc3Br)c(=O)n2[C@@H]1c1cccc(OC)c1. The topological polar surface area (TPSA) is 79.1 Å². The molecule has 176 valence electrons. The number of carbonyl (C=O) groups excluding carboxylic acids is 1. The van der Waals surface area contributed by atoms with Crippen LogP contribution in [-0.4, -0.2) is 31.4 Å². The van der Waals surface area contributed by atoms with Crippen molar-refractivity contribution in [1.82, 2.24) is 4.57 Å². The summed E-state index contributed by atoms with van der Waals surface area (Å²) in [6.07, 6.45) is 1.79. The first-order valence-electron chi connectivity index (χ1n) is 10.5. The normalized spacial score (nSPS) is 15.6. The van der Waals surface area contributed by atoms with Gasteiger partial charge >= 0.3 is 5.97 Å². The minimum Gasteiger partial charge on any atom is -0.497 e. The van der Waals surface area contributed by atoms with Gasteiger partial charge in [0.25, 0.3) is 5.56 Å². The molecule has 7 nitrogen and oxygen atoms in total. The van der Waals surface area contributed by atoms with Crippen molar-refractivity contribution < 1.29 is 19.0 Å². The fourth-order valence-corrected chi connectivity index (χ4v) is 5.22. The zero-order valence-corrected chi connectivity index (χ0v) is 21.5. The van der Waals surface area contributed by atoms with Gasteiger partial charge in [0.15, 0.2) is 4.80 Å². The predicted molar refractivity (Wildman–Crippen MR) is 134 cm³/mol. The Labute approximate surface area is 208 Å². The van der Waals surface area contributed by atoms with Gasteiger partial charge in [-0.3, -0.25) is 9.36 Å². The first-order chi connectivity index (χ1) is 16.4. The summed E-state index contributed by atoms with van der Waals surface area (Å²) in [6.45, 7) is 3.72. The summed E-state index contributed by atoms with van der Waals surface area (Å²) in [6, 6.07) is 12.2. The number of hydrogen-bond donors (Lipinski definition) is 0. The quantitative estimate of drug-likeness (QED) is 0.445. The molecule has 0 N–H and O–H groups in total.